The fraction of sp³-hybridized carbons (Fsp3) is 0.923. The number of likely N-dealkylation sites (tertiary alicyclic amines) is 1. The number of unbranched alkanes of at least 4 members (excludes halogenated alkanes) is 1. The zero-order valence-electron chi connectivity index (χ0n) is 10.5. The molecule has 0 bridgehead atoms. The lowest BCUT2D eigenvalue weighted by atomic mass is 9.88. The third-order valence-electron chi connectivity index (χ3n) is 3.85. The predicted molar refractivity (Wildman–Crippen MR) is 64.0 cm³/mol. The molecule has 2 heteroatoms. The molecule has 1 rings (SSSR count). The minimum Gasteiger partial charge on any atom is -0.298 e. The summed E-state index contributed by atoms with van der Waals surface area (Å²) >= 11 is 0. The van der Waals surface area contributed by atoms with Crippen molar-refractivity contribution in [2.75, 3.05) is 13.1 Å². The molecule has 88 valence electrons. The van der Waals surface area contributed by atoms with Crippen LogP contribution in [0.5, 0.6) is 0 Å². The molecule has 0 aliphatic carbocycles. The van der Waals surface area contributed by atoms with Crippen molar-refractivity contribution in [3.63, 3.8) is 0 Å². The van der Waals surface area contributed by atoms with E-state index in [1.807, 2.05) is 0 Å². The van der Waals surface area contributed by atoms with Crippen LogP contribution < -0.4 is 0 Å². The van der Waals surface area contributed by atoms with Crippen LogP contribution in [0.25, 0.3) is 0 Å². The Balaban J connectivity index is 2.60. The number of hydrogen-bond acceptors (Lipinski definition) is 2. The normalized spacial score (nSPS) is 21.5. The van der Waals surface area contributed by atoms with E-state index in [0.717, 1.165) is 38.8 Å². The summed E-state index contributed by atoms with van der Waals surface area (Å²) < 4.78 is 0. The van der Waals surface area contributed by atoms with Gasteiger partial charge in [0, 0.05) is 6.42 Å². The topological polar surface area (TPSA) is 20.3 Å². The van der Waals surface area contributed by atoms with Gasteiger partial charge in [0.05, 0.1) is 5.54 Å². The molecule has 0 spiro atoms. The van der Waals surface area contributed by atoms with E-state index in [0.29, 0.717) is 5.78 Å². The average Bonchev–Trinajstić information content (AvgIpc) is 2.78. The molecule has 2 nitrogen and oxygen atoms in total. The number of ketones is 1. The summed E-state index contributed by atoms with van der Waals surface area (Å²) in [6, 6.07) is 0. The fourth-order valence-corrected chi connectivity index (χ4v) is 2.41. The first kappa shape index (κ1) is 12.7. The predicted octanol–water partition coefficient (Wildman–Crippen LogP) is 3.01. The van der Waals surface area contributed by atoms with Gasteiger partial charge >= 0.3 is 0 Å². The maximum Gasteiger partial charge on any atom is 0.152 e. The fourth-order valence-electron chi connectivity index (χ4n) is 2.41. The van der Waals surface area contributed by atoms with Crippen LogP contribution in [-0.4, -0.2) is 29.3 Å². The van der Waals surface area contributed by atoms with Gasteiger partial charge in [-0.15, -0.1) is 0 Å². The van der Waals surface area contributed by atoms with Crippen LogP contribution in [-0.2, 0) is 4.79 Å². The molecule has 1 heterocycles. The quantitative estimate of drug-likeness (QED) is 0.673. The Hall–Kier alpha value is -0.370. The summed E-state index contributed by atoms with van der Waals surface area (Å²) in [7, 11) is 0. The first-order valence-electron chi connectivity index (χ1n) is 6.43. The number of Topliss-reactive ketones (excluding diaryl/α,β-unsaturated/α-hetero) is 1. The molecule has 1 fully saturated rings. The standard InChI is InChI=1S/C13H25NO/c1-4-6-9-12(15)13(3,5-2)14-10-7-8-11-14/h4-11H2,1-3H3. The van der Waals surface area contributed by atoms with Crippen molar-refractivity contribution in [1.82, 2.24) is 4.90 Å². The average molecular weight is 211 g/mol. The van der Waals surface area contributed by atoms with Crippen LogP contribution >= 0.6 is 0 Å². The number of carbonyl (C=O) groups is 1. The van der Waals surface area contributed by atoms with Gasteiger partial charge in [0.1, 0.15) is 0 Å². The molecule has 1 aliphatic rings. The molecule has 1 saturated heterocycles. The van der Waals surface area contributed by atoms with E-state index in [1.165, 1.54) is 12.8 Å². The minimum absolute atomic E-state index is 0.175. The zero-order valence-corrected chi connectivity index (χ0v) is 10.5. The van der Waals surface area contributed by atoms with E-state index in [1.54, 1.807) is 0 Å². The van der Waals surface area contributed by atoms with Gasteiger partial charge in [0.15, 0.2) is 5.78 Å². The molecule has 0 aromatic carbocycles. The highest BCUT2D eigenvalue weighted by Gasteiger charge is 2.37. The summed E-state index contributed by atoms with van der Waals surface area (Å²) in [6.45, 7) is 8.65. The summed E-state index contributed by atoms with van der Waals surface area (Å²) in [5.41, 5.74) is -0.175. The van der Waals surface area contributed by atoms with Crippen molar-refractivity contribution in [1.29, 1.82) is 0 Å². The Kier molecular flexibility index (Phi) is 4.78. The maximum absolute atomic E-state index is 12.2. The molecule has 0 saturated carbocycles. The molecule has 1 unspecified atom stereocenters. The van der Waals surface area contributed by atoms with Gasteiger partial charge in [0.2, 0.25) is 0 Å². The Morgan fingerprint density at radius 1 is 1.27 bits per heavy atom. The lowest BCUT2D eigenvalue weighted by molar-refractivity contribution is -0.130. The lowest BCUT2D eigenvalue weighted by Gasteiger charge is -2.36. The number of nitrogens with zero attached hydrogens (tertiary/aromatic N) is 1. The van der Waals surface area contributed by atoms with E-state index < -0.39 is 0 Å². The molecular formula is C13H25NO. The molecule has 0 radical (unpaired) electrons. The van der Waals surface area contributed by atoms with Crippen LogP contribution in [0.1, 0.15) is 59.3 Å². The van der Waals surface area contributed by atoms with Crippen LogP contribution in [0, 0.1) is 0 Å². The summed E-state index contributed by atoms with van der Waals surface area (Å²) in [6.07, 6.45) is 6.40. The highest BCUT2D eigenvalue weighted by Crippen LogP contribution is 2.27. The maximum atomic E-state index is 12.2. The molecule has 0 aromatic heterocycles. The second kappa shape index (κ2) is 5.64. The molecule has 1 atom stereocenters. The summed E-state index contributed by atoms with van der Waals surface area (Å²) in [5.74, 6) is 0.453. The van der Waals surface area contributed by atoms with Crippen molar-refractivity contribution < 1.29 is 4.79 Å². The third kappa shape index (κ3) is 2.81. The zero-order chi connectivity index (χ0) is 11.3. The van der Waals surface area contributed by atoms with E-state index in [2.05, 4.69) is 25.7 Å². The molecule has 15 heavy (non-hydrogen) atoms. The van der Waals surface area contributed by atoms with Crippen molar-refractivity contribution >= 4 is 5.78 Å². The number of carbonyl (C=O) groups excluding carboxylic acids is 1. The molecule has 0 aromatic rings. The van der Waals surface area contributed by atoms with Gasteiger partial charge < -0.3 is 0 Å². The van der Waals surface area contributed by atoms with E-state index in [9.17, 15) is 4.79 Å². The second-order valence-electron chi connectivity index (χ2n) is 4.85. The minimum atomic E-state index is -0.175. The summed E-state index contributed by atoms with van der Waals surface area (Å²) in [4.78, 5) is 14.6. The van der Waals surface area contributed by atoms with Crippen LogP contribution in [0.3, 0.4) is 0 Å². The number of hydrogen-bond donors (Lipinski definition) is 0. The highest BCUT2D eigenvalue weighted by atomic mass is 16.1. The smallest absolute Gasteiger partial charge is 0.152 e. The number of rotatable bonds is 6. The van der Waals surface area contributed by atoms with Gasteiger partial charge in [-0.05, 0) is 45.7 Å². The Bertz CT molecular complexity index is 209. The van der Waals surface area contributed by atoms with Crippen LogP contribution in [0.15, 0.2) is 0 Å². The molecule has 0 N–H and O–H groups in total. The molecular weight excluding hydrogens is 186 g/mol. The highest BCUT2D eigenvalue weighted by molar-refractivity contribution is 5.87. The van der Waals surface area contributed by atoms with Crippen molar-refractivity contribution in [3.8, 4) is 0 Å². The first-order valence-corrected chi connectivity index (χ1v) is 6.43. The monoisotopic (exact) mass is 211 g/mol. The molecule has 0 amide bonds. The van der Waals surface area contributed by atoms with Crippen molar-refractivity contribution in [2.24, 2.45) is 0 Å². The van der Waals surface area contributed by atoms with Crippen LogP contribution in [0.4, 0.5) is 0 Å². The summed E-state index contributed by atoms with van der Waals surface area (Å²) in [5, 5.41) is 0. The lowest BCUT2D eigenvalue weighted by Crippen LogP contribution is -2.50. The van der Waals surface area contributed by atoms with Gasteiger partial charge in [-0.1, -0.05) is 20.3 Å². The molecule has 1 aliphatic heterocycles. The Labute approximate surface area is 94.0 Å². The SMILES string of the molecule is CCCCC(=O)C(C)(CC)N1CCCC1. The van der Waals surface area contributed by atoms with Gasteiger partial charge in [-0.3, -0.25) is 9.69 Å². The third-order valence-corrected chi connectivity index (χ3v) is 3.85. The van der Waals surface area contributed by atoms with E-state index in [4.69, 9.17) is 0 Å². The second-order valence-corrected chi connectivity index (χ2v) is 4.85. The van der Waals surface area contributed by atoms with Crippen molar-refractivity contribution in [2.45, 2.75) is 64.8 Å². The van der Waals surface area contributed by atoms with Gasteiger partial charge in [-0.2, -0.15) is 0 Å². The Morgan fingerprint density at radius 2 is 1.87 bits per heavy atom. The largest absolute Gasteiger partial charge is 0.298 e. The van der Waals surface area contributed by atoms with Gasteiger partial charge in [-0.25, -0.2) is 0 Å². The van der Waals surface area contributed by atoms with Gasteiger partial charge in [0.25, 0.3) is 0 Å². The first-order chi connectivity index (χ1) is 7.15. The van der Waals surface area contributed by atoms with Crippen molar-refractivity contribution in [3.05, 3.63) is 0 Å². The van der Waals surface area contributed by atoms with Crippen LogP contribution in [0.2, 0.25) is 0 Å². The Morgan fingerprint density at radius 3 is 2.33 bits per heavy atom. The van der Waals surface area contributed by atoms with E-state index in [-0.39, 0.29) is 5.54 Å². The van der Waals surface area contributed by atoms with E-state index >= 15 is 0 Å².